The molecule has 1 aliphatic rings. The molecule has 0 N–H and O–H groups in total. The lowest BCUT2D eigenvalue weighted by Crippen LogP contribution is -2.18. The third-order valence-corrected chi connectivity index (χ3v) is 3.39. The highest BCUT2D eigenvalue weighted by molar-refractivity contribution is 5.39. The number of halogens is 1. The Hall–Kier alpha value is -1.09. The van der Waals surface area contributed by atoms with E-state index in [0.29, 0.717) is 24.9 Å². The molecule has 0 unspecified atom stereocenters. The van der Waals surface area contributed by atoms with Crippen LogP contribution in [0.1, 0.15) is 38.3 Å². The third-order valence-electron chi connectivity index (χ3n) is 3.39. The quantitative estimate of drug-likeness (QED) is 0.808. The molecule has 0 amide bonds. The molecular weight excluding hydrogens is 243 g/mol. The van der Waals surface area contributed by atoms with E-state index < -0.39 is 0 Å². The van der Waals surface area contributed by atoms with Crippen LogP contribution in [0.4, 0.5) is 4.39 Å². The second kappa shape index (κ2) is 6.38. The fourth-order valence-electron chi connectivity index (χ4n) is 2.41. The van der Waals surface area contributed by atoms with Crippen LogP contribution in [-0.4, -0.2) is 19.3 Å². The molecule has 19 heavy (non-hydrogen) atoms. The largest absolute Gasteiger partial charge is 0.485 e. The predicted octanol–water partition coefficient (Wildman–Crippen LogP) is 3.75. The summed E-state index contributed by atoms with van der Waals surface area (Å²) in [6, 6.07) is 3.67. The molecule has 0 radical (unpaired) electrons. The molecule has 2 rings (SSSR count). The number of benzene rings is 1. The zero-order valence-corrected chi connectivity index (χ0v) is 12.0. The van der Waals surface area contributed by atoms with E-state index in [0.717, 1.165) is 30.4 Å². The summed E-state index contributed by atoms with van der Waals surface area (Å²) >= 11 is 0. The minimum atomic E-state index is -0.234. The minimum Gasteiger partial charge on any atom is -0.485 e. The van der Waals surface area contributed by atoms with Crippen molar-refractivity contribution in [2.24, 2.45) is 5.92 Å². The van der Waals surface area contributed by atoms with Gasteiger partial charge in [0.05, 0.1) is 13.2 Å². The molecule has 1 aromatic carbocycles. The van der Waals surface area contributed by atoms with Crippen LogP contribution >= 0.6 is 0 Å². The van der Waals surface area contributed by atoms with Gasteiger partial charge in [-0.2, -0.15) is 0 Å². The van der Waals surface area contributed by atoms with E-state index in [2.05, 4.69) is 19.9 Å². The van der Waals surface area contributed by atoms with Crippen LogP contribution in [0.15, 0.2) is 12.1 Å². The fourth-order valence-corrected chi connectivity index (χ4v) is 2.41. The summed E-state index contributed by atoms with van der Waals surface area (Å²) in [5.41, 5.74) is 2.02. The molecule has 1 aromatic rings. The zero-order chi connectivity index (χ0) is 13.8. The van der Waals surface area contributed by atoms with Gasteiger partial charge in [-0.05, 0) is 36.0 Å². The van der Waals surface area contributed by atoms with E-state index in [1.165, 1.54) is 0 Å². The fraction of sp³-hybridized carbons (Fsp3) is 0.625. The normalized spacial score (nSPS) is 19.1. The highest BCUT2D eigenvalue weighted by Crippen LogP contribution is 2.29. The van der Waals surface area contributed by atoms with E-state index >= 15 is 0 Å². The molecule has 0 saturated carbocycles. The van der Waals surface area contributed by atoms with Crippen molar-refractivity contribution in [3.05, 3.63) is 29.1 Å². The summed E-state index contributed by atoms with van der Waals surface area (Å²) in [4.78, 5) is 0. The van der Waals surface area contributed by atoms with Crippen LogP contribution in [0.3, 0.4) is 0 Å². The molecule has 2 nitrogen and oxygen atoms in total. The number of aryl methyl sites for hydroxylation is 1. The maximum absolute atomic E-state index is 14.2. The van der Waals surface area contributed by atoms with Crippen LogP contribution in [0.2, 0.25) is 0 Å². The molecule has 1 aliphatic heterocycles. The van der Waals surface area contributed by atoms with E-state index in [9.17, 15) is 4.39 Å². The SMILES string of the molecule is CCc1cc(F)c(O[C@H]2CCOC2)c(CC(C)C)c1. The highest BCUT2D eigenvalue weighted by atomic mass is 19.1. The molecular formula is C16H23FO2. The van der Waals surface area contributed by atoms with Gasteiger partial charge in [-0.1, -0.05) is 26.8 Å². The molecule has 3 heteroatoms. The Morgan fingerprint density at radius 1 is 1.42 bits per heavy atom. The Morgan fingerprint density at radius 3 is 2.79 bits per heavy atom. The van der Waals surface area contributed by atoms with Crippen LogP contribution in [0.25, 0.3) is 0 Å². The van der Waals surface area contributed by atoms with E-state index in [1.54, 1.807) is 6.07 Å². The van der Waals surface area contributed by atoms with Crippen molar-refractivity contribution in [3.8, 4) is 5.75 Å². The number of rotatable bonds is 5. The number of hydrogen-bond donors (Lipinski definition) is 0. The van der Waals surface area contributed by atoms with Gasteiger partial charge in [0.1, 0.15) is 6.10 Å². The smallest absolute Gasteiger partial charge is 0.165 e. The summed E-state index contributed by atoms with van der Waals surface area (Å²) < 4.78 is 25.4. The van der Waals surface area contributed by atoms with Crippen molar-refractivity contribution in [2.75, 3.05) is 13.2 Å². The molecule has 1 atom stereocenters. The second-order valence-electron chi connectivity index (χ2n) is 5.62. The average molecular weight is 266 g/mol. The second-order valence-corrected chi connectivity index (χ2v) is 5.62. The maximum Gasteiger partial charge on any atom is 0.165 e. The zero-order valence-electron chi connectivity index (χ0n) is 12.0. The molecule has 1 heterocycles. The lowest BCUT2D eigenvalue weighted by Gasteiger charge is -2.18. The monoisotopic (exact) mass is 266 g/mol. The first kappa shape index (κ1) is 14.3. The van der Waals surface area contributed by atoms with Gasteiger partial charge in [-0.15, -0.1) is 0 Å². The van der Waals surface area contributed by atoms with Gasteiger partial charge >= 0.3 is 0 Å². The summed E-state index contributed by atoms with van der Waals surface area (Å²) in [5, 5.41) is 0. The topological polar surface area (TPSA) is 18.5 Å². The van der Waals surface area contributed by atoms with E-state index in [4.69, 9.17) is 9.47 Å². The first-order valence-corrected chi connectivity index (χ1v) is 7.15. The lowest BCUT2D eigenvalue weighted by molar-refractivity contribution is 0.137. The van der Waals surface area contributed by atoms with E-state index in [-0.39, 0.29) is 11.9 Å². The Balaban J connectivity index is 2.27. The third kappa shape index (κ3) is 3.69. The van der Waals surface area contributed by atoms with Crippen LogP contribution in [0, 0.1) is 11.7 Å². The average Bonchev–Trinajstić information content (AvgIpc) is 2.85. The molecule has 106 valence electrons. The van der Waals surface area contributed by atoms with Gasteiger partial charge in [-0.3, -0.25) is 0 Å². The Morgan fingerprint density at radius 2 is 2.21 bits per heavy atom. The van der Waals surface area contributed by atoms with Crippen LogP contribution < -0.4 is 4.74 Å². The summed E-state index contributed by atoms with van der Waals surface area (Å²) in [6.45, 7) is 7.59. The summed E-state index contributed by atoms with van der Waals surface area (Å²) in [5.74, 6) is 0.678. The van der Waals surface area contributed by atoms with Gasteiger partial charge < -0.3 is 9.47 Å². The van der Waals surface area contributed by atoms with Crippen molar-refractivity contribution >= 4 is 0 Å². The molecule has 0 aromatic heterocycles. The lowest BCUT2D eigenvalue weighted by atomic mass is 9.98. The molecule has 1 saturated heterocycles. The van der Waals surface area contributed by atoms with Gasteiger partial charge in [0.15, 0.2) is 11.6 Å². The summed E-state index contributed by atoms with van der Waals surface area (Å²) in [6.07, 6.45) is 2.52. The van der Waals surface area contributed by atoms with Gasteiger partial charge in [-0.25, -0.2) is 4.39 Å². The van der Waals surface area contributed by atoms with Crippen molar-refractivity contribution in [3.63, 3.8) is 0 Å². The molecule has 0 bridgehead atoms. The Bertz CT molecular complexity index is 423. The van der Waals surface area contributed by atoms with Crippen molar-refractivity contribution in [1.82, 2.24) is 0 Å². The molecule has 0 spiro atoms. The predicted molar refractivity (Wildman–Crippen MR) is 74.2 cm³/mol. The minimum absolute atomic E-state index is 0.00658. The van der Waals surface area contributed by atoms with Crippen molar-refractivity contribution in [2.45, 2.75) is 46.1 Å². The van der Waals surface area contributed by atoms with Crippen molar-refractivity contribution in [1.29, 1.82) is 0 Å². The first-order valence-electron chi connectivity index (χ1n) is 7.15. The van der Waals surface area contributed by atoms with Crippen LogP contribution in [0.5, 0.6) is 5.75 Å². The number of hydrogen-bond acceptors (Lipinski definition) is 2. The van der Waals surface area contributed by atoms with Crippen LogP contribution in [-0.2, 0) is 17.6 Å². The van der Waals surface area contributed by atoms with Crippen molar-refractivity contribution < 1.29 is 13.9 Å². The van der Waals surface area contributed by atoms with Gasteiger partial charge in [0.25, 0.3) is 0 Å². The van der Waals surface area contributed by atoms with Gasteiger partial charge in [0, 0.05) is 6.42 Å². The molecule has 0 aliphatic carbocycles. The Kier molecular flexibility index (Phi) is 4.81. The molecule has 1 fully saturated rings. The van der Waals surface area contributed by atoms with Gasteiger partial charge in [0.2, 0.25) is 0 Å². The summed E-state index contributed by atoms with van der Waals surface area (Å²) in [7, 11) is 0. The Labute approximate surface area is 114 Å². The maximum atomic E-state index is 14.2. The standard InChI is InChI=1S/C16H23FO2/c1-4-12-8-13(7-11(2)3)16(15(17)9-12)19-14-5-6-18-10-14/h8-9,11,14H,4-7,10H2,1-3H3/t14-/m0/s1. The number of ether oxygens (including phenoxy) is 2. The van der Waals surface area contributed by atoms with E-state index in [1.807, 2.05) is 6.92 Å². The first-order chi connectivity index (χ1) is 9.10. The highest BCUT2D eigenvalue weighted by Gasteiger charge is 2.21.